The number of carboxylic acids is 1. The van der Waals surface area contributed by atoms with Crippen molar-refractivity contribution in [1.82, 2.24) is 0 Å². The zero-order valence-electron chi connectivity index (χ0n) is 19.6. The first-order valence-corrected chi connectivity index (χ1v) is 11.9. The van der Waals surface area contributed by atoms with Gasteiger partial charge in [0, 0.05) is 11.1 Å². The minimum atomic E-state index is -1.18. The Morgan fingerprint density at radius 1 is 0.914 bits per heavy atom. The van der Waals surface area contributed by atoms with E-state index in [1.165, 1.54) is 7.11 Å². The third kappa shape index (κ3) is 4.65. The van der Waals surface area contributed by atoms with Gasteiger partial charge < -0.3 is 28.8 Å². The summed E-state index contributed by atoms with van der Waals surface area (Å²) in [6.07, 6.45) is 5.64. The standard InChI is InChI=1S/C27H28O8/c1-31-22-13-18(14-23-26(22)35-15-34-23)24(27(29)30)19(11-16-5-3-2-4-6-16)25(28)17-7-8-20-21(12-17)33-10-9-32-20/h7-8,12-14,16H,2-6,9-11,15H2,1H3,(H,29,30)/b24-19-. The SMILES string of the molecule is COc1cc(/C(C(=O)O)=C(\CC2CCCCC2)C(=O)c2ccc3c(c2)OCCO3)cc2c1OCO2. The maximum absolute atomic E-state index is 13.9. The normalized spacial score (nSPS) is 17.5. The molecule has 3 aliphatic rings. The topological polar surface area (TPSA) is 101 Å². The number of carboxylic acid groups (broad SMARTS) is 1. The number of hydrogen-bond acceptors (Lipinski definition) is 7. The average molecular weight is 481 g/mol. The molecule has 0 atom stereocenters. The first-order valence-electron chi connectivity index (χ1n) is 11.9. The molecule has 0 spiro atoms. The predicted octanol–water partition coefficient (Wildman–Crippen LogP) is 4.89. The molecule has 2 aromatic rings. The van der Waals surface area contributed by atoms with Gasteiger partial charge in [0.05, 0.1) is 12.7 Å². The number of ether oxygens (including phenoxy) is 5. The number of Topliss-reactive ketones (excluding diaryl/α,β-unsaturated/α-hetero) is 1. The lowest BCUT2D eigenvalue weighted by Gasteiger charge is -2.24. The fourth-order valence-corrected chi connectivity index (χ4v) is 5.05. The number of hydrogen-bond donors (Lipinski definition) is 1. The fourth-order valence-electron chi connectivity index (χ4n) is 5.05. The van der Waals surface area contributed by atoms with E-state index in [2.05, 4.69) is 0 Å². The Bertz CT molecular complexity index is 1180. The third-order valence-corrected chi connectivity index (χ3v) is 6.76. The number of methoxy groups -OCH3 is 1. The predicted molar refractivity (Wildman–Crippen MR) is 127 cm³/mol. The van der Waals surface area contributed by atoms with Crippen molar-refractivity contribution in [2.45, 2.75) is 38.5 Å². The van der Waals surface area contributed by atoms with Gasteiger partial charge in [-0.3, -0.25) is 4.79 Å². The summed E-state index contributed by atoms with van der Waals surface area (Å²) in [5, 5.41) is 10.4. The van der Waals surface area contributed by atoms with Gasteiger partial charge >= 0.3 is 5.97 Å². The molecule has 1 aliphatic carbocycles. The second-order valence-corrected chi connectivity index (χ2v) is 8.97. The van der Waals surface area contributed by atoms with Crippen LogP contribution in [0.15, 0.2) is 35.9 Å². The largest absolute Gasteiger partial charge is 0.493 e. The van der Waals surface area contributed by atoms with Crippen LogP contribution in [-0.2, 0) is 4.79 Å². The summed E-state index contributed by atoms with van der Waals surface area (Å²) in [6.45, 7) is 0.862. The van der Waals surface area contributed by atoms with E-state index >= 15 is 0 Å². The first-order chi connectivity index (χ1) is 17.0. The van der Waals surface area contributed by atoms with Crippen molar-refractivity contribution in [1.29, 1.82) is 0 Å². The molecule has 2 heterocycles. The highest BCUT2D eigenvalue weighted by molar-refractivity contribution is 6.26. The summed E-state index contributed by atoms with van der Waals surface area (Å²) in [6, 6.07) is 8.19. The van der Waals surface area contributed by atoms with Crippen LogP contribution in [0.5, 0.6) is 28.7 Å². The molecule has 0 saturated heterocycles. The molecular formula is C27H28O8. The number of rotatable bonds is 7. The number of carbonyl (C=O) groups excluding carboxylic acids is 1. The number of benzene rings is 2. The molecule has 0 amide bonds. The quantitative estimate of drug-likeness (QED) is 0.442. The molecule has 0 unspecified atom stereocenters. The maximum Gasteiger partial charge on any atom is 0.336 e. The number of aliphatic carboxylic acids is 1. The van der Waals surface area contributed by atoms with Crippen LogP contribution >= 0.6 is 0 Å². The van der Waals surface area contributed by atoms with Gasteiger partial charge in [-0.25, -0.2) is 4.79 Å². The van der Waals surface area contributed by atoms with Gasteiger partial charge in [-0.15, -0.1) is 0 Å². The molecule has 0 radical (unpaired) electrons. The van der Waals surface area contributed by atoms with Crippen LogP contribution in [0.3, 0.4) is 0 Å². The van der Waals surface area contributed by atoms with E-state index in [-0.39, 0.29) is 29.6 Å². The Labute approximate surface area is 203 Å². The van der Waals surface area contributed by atoms with Gasteiger partial charge in [0.15, 0.2) is 28.8 Å². The van der Waals surface area contributed by atoms with Crippen LogP contribution in [0.1, 0.15) is 54.4 Å². The van der Waals surface area contributed by atoms with E-state index in [4.69, 9.17) is 23.7 Å². The van der Waals surface area contributed by atoms with Crippen LogP contribution in [-0.4, -0.2) is 44.0 Å². The smallest absolute Gasteiger partial charge is 0.336 e. The molecule has 35 heavy (non-hydrogen) atoms. The molecule has 1 saturated carbocycles. The van der Waals surface area contributed by atoms with E-state index in [9.17, 15) is 14.7 Å². The summed E-state index contributed by atoms with van der Waals surface area (Å²) in [5.41, 5.74) is 0.927. The fraction of sp³-hybridized carbons (Fsp3) is 0.407. The van der Waals surface area contributed by atoms with Crippen LogP contribution in [0.2, 0.25) is 0 Å². The second-order valence-electron chi connectivity index (χ2n) is 8.97. The minimum Gasteiger partial charge on any atom is -0.493 e. The highest BCUT2D eigenvalue weighted by atomic mass is 16.7. The van der Waals surface area contributed by atoms with Crippen molar-refractivity contribution < 1.29 is 38.4 Å². The molecule has 0 bridgehead atoms. The molecule has 8 heteroatoms. The number of ketones is 1. The van der Waals surface area contributed by atoms with Crippen LogP contribution in [0.4, 0.5) is 0 Å². The number of fused-ring (bicyclic) bond motifs is 2. The monoisotopic (exact) mass is 480 g/mol. The average Bonchev–Trinajstić information content (AvgIpc) is 3.36. The van der Waals surface area contributed by atoms with Gasteiger partial charge in [-0.1, -0.05) is 32.1 Å². The number of carbonyl (C=O) groups is 2. The number of allylic oxidation sites excluding steroid dienone is 1. The van der Waals surface area contributed by atoms with Crippen molar-refractivity contribution >= 4 is 17.3 Å². The molecule has 2 aliphatic heterocycles. The van der Waals surface area contributed by atoms with E-state index in [1.807, 2.05) is 0 Å². The van der Waals surface area contributed by atoms with Crippen LogP contribution in [0, 0.1) is 5.92 Å². The van der Waals surface area contributed by atoms with Gasteiger partial charge in [0.25, 0.3) is 0 Å². The molecule has 1 fully saturated rings. The summed E-state index contributed by atoms with van der Waals surface area (Å²) in [4.78, 5) is 26.6. The van der Waals surface area contributed by atoms with Gasteiger partial charge in [0.1, 0.15) is 13.2 Å². The summed E-state index contributed by atoms with van der Waals surface area (Å²) in [7, 11) is 1.48. The highest BCUT2D eigenvalue weighted by Crippen LogP contribution is 2.44. The Hall–Kier alpha value is -3.68. The molecule has 0 aromatic heterocycles. The minimum absolute atomic E-state index is 0.0202. The van der Waals surface area contributed by atoms with Crippen molar-refractivity contribution in [2.75, 3.05) is 27.1 Å². The van der Waals surface area contributed by atoms with Gasteiger partial charge in [-0.05, 0) is 48.2 Å². The zero-order chi connectivity index (χ0) is 24.4. The van der Waals surface area contributed by atoms with Crippen molar-refractivity contribution in [3.8, 4) is 28.7 Å². The molecule has 2 aromatic carbocycles. The lowest BCUT2D eigenvalue weighted by molar-refractivity contribution is -0.130. The Morgan fingerprint density at radius 3 is 2.40 bits per heavy atom. The second kappa shape index (κ2) is 9.90. The summed E-state index contributed by atoms with van der Waals surface area (Å²) < 4.78 is 27.7. The van der Waals surface area contributed by atoms with Crippen molar-refractivity contribution in [2.24, 2.45) is 5.92 Å². The van der Waals surface area contributed by atoms with Crippen LogP contribution < -0.4 is 23.7 Å². The summed E-state index contributed by atoms with van der Waals surface area (Å²) >= 11 is 0. The van der Waals surface area contributed by atoms with E-state index in [0.717, 1.165) is 32.1 Å². The third-order valence-electron chi connectivity index (χ3n) is 6.76. The van der Waals surface area contributed by atoms with Crippen molar-refractivity contribution in [3.63, 3.8) is 0 Å². The highest BCUT2D eigenvalue weighted by Gasteiger charge is 2.30. The van der Waals surface area contributed by atoms with Crippen LogP contribution in [0.25, 0.3) is 5.57 Å². The Kier molecular flexibility index (Phi) is 6.53. The van der Waals surface area contributed by atoms with E-state index < -0.39 is 5.97 Å². The molecular weight excluding hydrogens is 452 g/mol. The van der Waals surface area contributed by atoms with Crippen molar-refractivity contribution in [3.05, 3.63) is 47.0 Å². The van der Waals surface area contributed by atoms with E-state index in [0.29, 0.717) is 59.5 Å². The lowest BCUT2D eigenvalue weighted by atomic mass is 9.80. The molecule has 5 rings (SSSR count). The zero-order valence-corrected chi connectivity index (χ0v) is 19.6. The first kappa shape index (κ1) is 23.1. The molecule has 8 nitrogen and oxygen atoms in total. The molecule has 184 valence electrons. The molecule has 1 N–H and O–H groups in total. The lowest BCUT2D eigenvalue weighted by Crippen LogP contribution is -2.18. The Morgan fingerprint density at radius 2 is 1.66 bits per heavy atom. The Balaban J connectivity index is 1.63. The summed E-state index contributed by atoms with van der Waals surface area (Å²) in [5.74, 6) is 0.965. The van der Waals surface area contributed by atoms with E-state index in [1.54, 1.807) is 30.3 Å². The maximum atomic E-state index is 13.9. The van der Waals surface area contributed by atoms with Gasteiger partial charge in [-0.2, -0.15) is 0 Å². The van der Waals surface area contributed by atoms with Gasteiger partial charge in [0.2, 0.25) is 12.5 Å².